The third-order valence-electron chi connectivity index (χ3n) is 4.18. The molecule has 1 N–H and O–H groups in total. The summed E-state index contributed by atoms with van der Waals surface area (Å²) in [6, 6.07) is 13.0. The lowest BCUT2D eigenvalue weighted by molar-refractivity contribution is -0.120. The Labute approximate surface area is 159 Å². The first-order chi connectivity index (χ1) is 12.5. The Bertz CT molecular complexity index is 801. The molecule has 1 saturated heterocycles. The number of halogens is 2. The van der Waals surface area contributed by atoms with Crippen LogP contribution in [0.3, 0.4) is 0 Å². The van der Waals surface area contributed by atoms with Crippen molar-refractivity contribution in [2.24, 2.45) is 0 Å². The van der Waals surface area contributed by atoms with Gasteiger partial charge >= 0.3 is 6.09 Å². The van der Waals surface area contributed by atoms with Crippen LogP contribution in [0.1, 0.15) is 18.4 Å². The van der Waals surface area contributed by atoms with Crippen molar-refractivity contribution in [3.05, 3.63) is 64.4 Å². The van der Waals surface area contributed by atoms with Gasteiger partial charge in [-0.15, -0.1) is 0 Å². The van der Waals surface area contributed by atoms with Crippen molar-refractivity contribution < 1.29 is 18.7 Å². The van der Waals surface area contributed by atoms with Gasteiger partial charge in [0.25, 0.3) is 0 Å². The van der Waals surface area contributed by atoms with E-state index in [9.17, 15) is 14.0 Å². The lowest BCUT2D eigenvalue weighted by Crippen LogP contribution is -2.43. The number of carbonyl (C=O) groups excluding carboxylic acids is 2. The summed E-state index contributed by atoms with van der Waals surface area (Å²) in [6.07, 6.45) is 0.675. The van der Waals surface area contributed by atoms with Gasteiger partial charge in [-0.2, -0.15) is 0 Å². The molecule has 1 aliphatic rings. The molecule has 0 aromatic heterocycles. The van der Waals surface area contributed by atoms with Crippen LogP contribution >= 0.6 is 15.9 Å². The van der Waals surface area contributed by atoms with E-state index in [1.807, 2.05) is 30.3 Å². The van der Waals surface area contributed by atoms with E-state index in [1.165, 1.54) is 17.0 Å². The summed E-state index contributed by atoms with van der Waals surface area (Å²) in [5.41, 5.74) is 0.959. The zero-order chi connectivity index (χ0) is 18.5. The van der Waals surface area contributed by atoms with Crippen LogP contribution in [0, 0.1) is 5.82 Å². The van der Waals surface area contributed by atoms with Crippen molar-refractivity contribution in [1.29, 1.82) is 0 Å². The molecular weight excluding hydrogens is 403 g/mol. The molecule has 1 heterocycles. The lowest BCUT2D eigenvalue weighted by Gasteiger charge is -2.23. The van der Waals surface area contributed by atoms with Gasteiger partial charge in [-0.1, -0.05) is 46.3 Å². The zero-order valence-electron chi connectivity index (χ0n) is 14.0. The highest BCUT2D eigenvalue weighted by atomic mass is 79.9. The van der Waals surface area contributed by atoms with E-state index in [0.29, 0.717) is 23.9 Å². The van der Waals surface area contributed by atoms with Crippen LogP contribution in [0.5, 0.6) is 0 Å². The molecule has 1 aliphatic heterocycles. The summed E-state index contributed by atoms with van der Waals surface area (Å²) in [4.78, 5) is 26.2. The number of anilines is 1. The summed E-state index contributed by atoms with van der Waals surface area (Å²) < 4.78 is 19.8. The van der Waals surface area contributed by atoms with Crippen molar-refractivity contribution in [3.8, 4) is 0 Å². The first kappa shape index (κ1) is 18.4. The summed E-state index contributed by atoms with van der Waals surface area (Å²) >= 11 is 3.17. The smallest absolute Gasteiger partial charge is 0.410 e. The molecule has 0 aliphatic carbocycles. The second-order valence-corrected chi connectivity index (χ2v) is 6.92. The number of benzene rings is 2. The van der Waals surface area contributed by atoms with Crippen molar-refractivity contribution in [2.45, 2.75) is 25.5 Å². The van der Waals surface area contributed by atoms with Gasteiger partial charge in [0.2, 0.25) is 5.91 Å². The molecule has 1 fully saturated rings. The lowest BCUT2D eigenvalue weighted by atomic mass is 10.2. The number of rotatable bonds is 4. The average Bonchev–Trinajstić information content (AvgIpc) is 3.13. The van der Waals surface area contributed by atoms with Crippen LogP contribution < -0.4 is 5.32 Å². The summed E-state index contributed by atoms with van der Waals surface area (Å²) in [6.45, 7) is 0.584. The first-order valence-corrected chi connectivity index (χ1v) is 9.07. The molecule has 2 amide bonds. The topological polar surface area (TPSA) is 58.6 Å². The van der Waals surface area contributed by atoms with Gasteiger partial charge in [-0.05, 0) is 36.6 Å². The highest BCUT2D eigenvalue weighted by Crippen LogP contribution is 2.23. The van der Waals surface area contributed by atoms with Crippen LogP contribution in [0.25, 0.3) is 0 Å². The SMILES string of the molecule is O=C(Nc1ccc(Br)cc1F)[C@@H]1CCCN1C(=O)OCc1ccccc1. The molecule has 0 unspecified atom stereocenters. The molecule has 0 bridgehead atoms. The summed E-state index contributed by atoms with van der Waals surface area (Å²) in [5.74, 6) is -0.954. The third kappa shape index (κ3) is 4.40. The maximum Gasteiger partial charge on any atom is 0.410 e. The molecule has 136 valence electrons. The molecule has 5 nitrogen and oxygen atoms in total. The predicted molar refractivity (Wildman–Crippen MR) is 99.1 cm³/mol. The Balaban J connectivity index is 1.61. The number of likely N-dealkylation sites (tertiary alicyclic amines) is 1. The number of hydrogen-bond donors (Lipinski definition) is 1. The Kier molecular flexibility index (Phi) is 5.88. The van der Waals surface area contributed by atoms with E-state index in [-0.39, 0.29) is 12.3 Å². The van der Waals surface area contributed by atoms with Gasteiger partial charge in [0.15, 0.2) is 0 Å². The van der Waals surface area contributed by atoms with Crippen LogP contribution in [-0.2, 0) is 16.1 Å². The van der Waals surface area contributed by atoms with Gasteiger partial charge < -0.3 is 10.1 Å². The molecule has 3 rings (SSSR count). The maximum atomic E-state index is 13.9. The quantitative estimate of drug-likeness (QED) is 0.800. The first-order valence-electron chi connectivity index (χ1n) is 8.28. The number of nitrogens with zero attached hydrogens (tertiary/aromatic N) is 1. The Hall–Kier alpha value is -2.41. The molecule has 26 heavy (non-hydrogen) atoms. The van der Waals surface area contributed by atoms with E-state index in [1.54, 1.807) is 6.07 Å². The predicted octanol–water partition coefficient (Wildman–Crippen LogP) is 4.33. The summed E-state index contributed by atoms with van der Waals surface area (Å²) in [5, 5.41) is 2.55. The number of ether oxygens (including phenoxy) is 1. The van der Waals surface area contributed by atoms with Gasteiger partial charge in [0.1, 0.15) is 18.5 Å². The van der Waals surface area contributed by atoms with Crippen molar-refractivity contribution in [3.63, 3.8) is 0 Å². The fourth-order valence-electron chi connectivity index (χ4n) is 2.87. The Morgan fingerprint density at radius 3 is 2.73 bits per heavy atom. The van der Waals surface area contributed by atoms with Crippen molar-refractivity contribution in [1.82, 2.24) is 4.90 Å². The summed E-state index contributed by atoms with van der Waals surface area (Å²) in [7, 11) is 0. The Morgan fingerprint density at radius 1 is 1.23 bits per heavy atom. The minimum atomic E-state index is -0.665. The Morgan fingerprint density at radius 2 is 2.00 bits per heavy atom. The molecule has 0 spiro atoms. The minimum absolute atomic E-state index is 0.0858. The highest BCUT2D eigenvalue weighted by molar-refractivity contribution is 9.10. The number of carbonyl (C=O) groups is 2. The van der Waals surface area contributed by atoms with Gasteiger partial charge in [-0.3, -0.25) is 9.69 Å². The fourth-order valence-corrected chi connectivity index (χ4v) is 3.20. The second-order valence-electron chi connectivity index (χ2n) is 6.01. The second kappa shape index (κ2) is 8.31. The van der Waals surface area contributed by atoms with Crippen LogP contribution in [-0.4, -0.2) is 29.5 Å². The van der Waals surface area contributed by atoms with Gasteiger partial charge in [0, 0.05) is 11.0 Å². The van der Waals surface area contributed by atoms with Gasteiger partial charge in [0.05, 0.1) is 5.69 Å². The molecule has 0 radical (unpaired) electrons. The fraction of sp³-hybridized carbons (Fsp3) is 0.263. The van der Waals surface area contributed by atoms with Crippen LogP contribution in [0.2, 0.25) is 0 Å². The van der Waals surface area contributed by atoms with Gasteiger partial charge in [-0.25, -0.2) is 9.18 Å². The zero-order valence-corrected chi connectivity index (χ0v) is 15.5. The molecular formula is C19H18BrFN2O3. The van der Waals surface area contributed by atoms with Crippen molar-refractivity contribution >= 4 is 33.6 Å². The number of amides is 2. The van der Waals surface area contributed by atoms with Crippen LogP contribution in [0.15, 0.2) is 53.0 Å². The number of nitrogens with one attached hydrogen (secondary N) is 1. The van der Waals surface area contributed by atoms with Crippen LogP contribution in [0.4, 0.5) is 14.9 Å². The average molecular weight is 421 g/mol. The monoisotopic (exact) mass is 420 g/mol. The van der Waals surface area contributed by atoms with E-state index in [0.717, 1.165) is 5.56 Å². The third-order valence-corrected chi connectivity index (χ3v) is 4.68. The minimum Gasteiger partial charge on any atom is -0.445 e. The molecule has 1 atom stereocenters. The van der Waals surface area contributed by atoms with E-state index < -0.39 is 23.9 Å². The molecule has 2 aromatic rings. The molecule has 0 saturated carbocycles. The van der Waals surface area contributed by atoms with E-state index in [2.05, 4.69) is 21.2 Å². The number of hydrogen-bond acceptors (Lipinski definition) is 3. The van der Waals surface area contributed by atoms with E-state index >= 15 is 0 Å². The molecule has 2 aromatic carbocycles. The maximum absolute atomic E-state index is 13.9. The van der Waals surface area contributed by atoms with Crippen molar-refractivity contribution in [2.75, 3.05) is 11.9 Å². The largest absolute Gasteiger partial charge is 0.445 e. The molecule has 7 heteroatoms. The highest BCUT2D eigenvalue weighted by Gasteiger charge is 2.35. The normalized spacial score (nSPS) is 16.4. The van der Waals surface area contributed by atoms with E-state index in [4.69, 9.17) is 4.74 Å². The standard InChI is InChI=1S/C19H18BrFN2O3/c20-14-8-9-16(15(21)11-14)22-18(24)17-7-4-10-23(17)19(25)26-12-13-5-2-1-3-6-13/h1-3,5-6,8-9,11,17H,4,7,10,12H2,(H,22,24)/t17-/m0/s1.